The number of nitrogens with two attached hydrogens (primary N) is 1. The van der Waals surface area contributed by atoms with Crippen LogP contribution in [0.5, 0.6) is 0 Å². The van der Waals surface area contributed by atoms with Gasteiger partial charge in [0.15, 0.2) is 0 Å². The molecular weight excluding hydrogens is 130 g/mol. The number of aromatic nitrogens is 2. The van der Waals surface area contributed by atoms with Gasteiger partial charge in [0.1, 0.15) is 0 Å². The molecule has 0 saturated heterocycles. The highest BCUT2D eigenvalue weighted by Gasteiger charge is 1.96. The molecule has 0 aliphatic heterocycles. The second kappa shape index (κ2) is 3.22. The summed E-state index contributed by atoms with van der Waals surface area (Å²) in [6, 6.07) is 0. The van der Waals surface area contributed by atoms with Crippen molar-refractivity contribution in [3.8, 4) is 0 Å². The van der Waals surface area contributed by atoms with E-state index in [1.54, 1.807) is 6.20 Å². The van der Waals surface area contributed by atoms with Gasteiger partial charge < -0.3 is 10.8 Å². The number of aryl methyl sites for hydroxylation is 1. The van der Waals surface area contributed by atoms with E-state index in [1.807, 2.05) is 0 Å². The Kier molecular flexibility index (Phi) is 2.28. The van der Waals surface area contributed by atoms with Crippen molar-refractivity contribution in [3.63, 3.8) is 0 Å². The molecular formula is C6H11N3O. The molecule has 0 aromatic carbocycles. The highest BCUT2D eigenvalue weighted by molar-refractivity contribution is 5.02. The second-order valence-electron chi connectivity index (χ2n) is 2.16. The first-order valence-corrected chi connectivity index (χ1v) is 3.29. The molecule has 1 aromatic heterocycles. The van der Waals surface area contributed by atoms with Gasteiger partial charge in [0.05, 0.1) is 0 Å². The Hall–Kier alpha value is -1.03. The first kappa shape index (κ1) is 7.08. The largest absolute Gasteiger partial charge is 0.330 e. The summed E-state index contributed by atoms with van der Waals surface area (Å²) < 4.78 is 0. The topological polar surface area (TPSA) is 74.7 Å². The van der Waals surface area contributed by atoms with Crippen LogP contribution in [0, 0.1) is 0 Å². The lowest BCUT2D eigenvalue weighted by Gasteiger charge is -1.89. The van der Waals surface area contributed by atoms with E-state index in [2.05, 4.69) is 10.2 Å². The first-order chi connectivity index (χ1) is 4.84. The molecule has 4 N–H and O–H groups in total. The van der Waals surface area contributed by atoms with E-state index in [-0.39, 0.29) is 5.56 Å². The second-order valence-corrected chi connectivity index (χ2v) is 2.16. The fraction of sp³-hybridized carbons (Fsp3) is 0.500. The molecule has 0 radical (unpaired) electrons. The molecule has 1 aromatic rings. The summed E-state index contributed by atoms with van der Waals surface area (Å²) in [6.45, 7) is 0.630. The standard InChI is InChI=1S/C6H11N3O/c7-3-1-2-5-4-8-9-6(5)10/h4H,1-3,7H2,(H2,8,9,10). The minimum absolute atomic E-state index is 0.0338. The molecule has 0 atom stereocenters. The van der Waals surface area contributed by atoms with Gasteiger partial charge in [-0.05, 0) is 19.4 Å². The monoisotopic (exact) mass is 141 g/mol. The van der Waals surface area contributed by atoms with E-state index in [0.717, 1.165) is 18.4 Å². The molecule has 0 bridgehead atoms. The van der Waals surface area contributed by atoms with Crippen LogP contribution >= 0.6 is 0 Å². The molecule has 10 heavy (non-hydrogen) atoms. The molecule has 4 heteroatoms. The summed E-state index contributed by atoms with van der Waals surface area (Å²) >= 11 is 0. The third-order valence-corrected chi connectivity index (χ3v) is 1.37. The predicted molar refractivity (Wildman–Crippen MR) is 38.8 cm³/mol. The molecule has 0 saturated carbocycles. The molecule has 1 rings (SSSR count). The fourth-order valence-electron chi connectivity index (χ4n) is 0.813. The molecule has 0 amide bonds. The van der Waals surface area contributed by atoms with Crippen LogP contribution in [0.4, 0.5) is 0 Å². The summed E-state index contributed by atoms with van der Waals surface area (Å²) in [5.74, 6) is 0. The zero-order chi connectivity index (χ0) is 7.40. The molecule has 0 unspecified atom stereocenters. The predicted octanol–water partition coefficient (Wildman–Crippen LogP) is -0.406. The van der Waals surface area contributed by atoms with E-state index in [4.69, 9.17) is 5.73 Å². The average molecular weight is 141 g/mol. The molecule has 0 fully saturated rings. The summed E-state index contributed by atoms with van der Waals surface area (Å²) in [5.41, 5.74) is 6.02. The smallest absolute Gasteiger partial charge is 0.267 e. The third-order valence-electron chi connectivity index (χ3n) is 1.37. The minimum Gasteiger partial charge on any atom is -0.330 e. The van der Waals surface area contributed by atoms with E-state index in [1.165, 1.54) is 0 Å². The zero-order valence-corrected chi connectivity index (χ0v) is 5.68. The summed E-state index contributed by atoms with van der Waals surface area (Å²) in [4.78, 5) is 10.8. The van der Waals surface area contributed by atoms with Crippen molar-refractivity contribution in [1.29, 1.82) is 0 Å². The molecule has 1 heterocycles. The Morgan fingerprint density at radius 3 is 2.90 bits per heavy atom. The van der Waals surface area contributed by atoms with Crippen molar-refractivity contribution < 1.29 is 0 Å². The van der Waals surface area contributed by atoms with Gasteiger partial charge in [-0.3, -0.25) is 9.89 Å². The van der Waals surface area contributed by atoms with Crippen LogP contribution in [0.15, 0.2) is 11.0 Å². The molecule has 4 nitrogen and oxygen atoms in total. The maximum Gasteiger partial charge on any atom is 0.267 e. The van der Waals surface area contributed by atoms with Gasteiger partial charge in [0.25, 0.3) is 5.56 Å². The van der Waals surface area contributed by atoms with Crippen LogP contribution in [0.2, 0.25) is 0 Å². The van der Waals surface area contributed by atoms with Gasteiger partial charge in [-0.15, -0.1) is 0 Å². The van der Waals surface area contributed by atoms with E-state index in [9.17, 15) is 4.79 Å². The van der Waals surface area contributed by atoms with Crippen molar-refractivity contribution in [3.05, 3.63) is 22.1 Å². The Bertz CT molecular complexity index is 237. The van der Waals surface area contributed by atoms with E-state index in [0.29, 0.717) is 6.54 Å². The number of rotatable bonds is 3. The van der Waals surface area contributed by atoms with Gasteiger partial charge >= 0.3 is 0 Å². The SMILES string of the molecule is NCCCc1c[nH][nH]c1=O. The molecule has 0 aliphatic rings. The zero-order valence-electron chi connectivity index (χ0n) is 5.68. The number of nitrogens with one attached hydrogen (secondary N) is 2. The van der Waals surface area contributed by atoms with Crippen molar-refractivity contribution in [2.45, 2.75) is 12.8 Å². The van der Waals surface area contributed by atoms with Crippen molar-refractivity contribution in [1.82, 2.24) is 10.2 Å². The lowest BCUT2D eigenvalue weighted by atomic mass is 10.2. The maximum absolute atomic E-state index is 10.8. The van der Waals surface area contributed by atoms with E-state index >= 15 is 0 Å². The summed E-state index contributed by atoms with van der Waals surface area (Å²) in [7, 11) is 0. The minimum atomic E-state index is -0.0338. The lowest BCUT2D eigenvalue weighted by molar-refractivity contribution is 0.828. The van der Waals surface area contributed by atoms with E-state index < -0.39 is 0 Å². The van der Waals surface area contributed by atoms with Gasteiger partial charge in [-0.1, -0.05) is 0 Å². The van der Waals surface area contributed by atoms with Crippen molar-refractivity contribution >= 4 is 0 Å². The van der Waals surface area contributed by atoms with Crippen molar-refractivity contribution in [2.75, 3.05) is 6.54 Å². The van der Waals surface area contributed by atoms with Gasteiger partial charge in [-0.2, -0.15) is 0 Å². The number of hydrogen-bond donors (Lipinski definition) is 3. The molecule has 56 valence electrons. The van der Waals surface area contributed by atoms with Gasteiger partial charge in [-0.25, -0.2) is 0 Å². The quantitative estimate of drug-likeness (QED) is 0.535. The number of hydrogen-bond acceptors (Lipinski definition) is 2. The highest BCUT2D eigenvalue weighted by atomic mass is 16.1. The molecule has 0 aliphatic carbocycles. The number of H-pyrrole nitrogens is 2. The average Bonchev–Trinajstić information content (AvgIpc) is 2.31. The Labute approximate surface area is 58.4 Å². The first-order valence-electron chi connectivity index (χ1n) is 3.29. The van der Waals surface area contributed by atoms with Crippen LogP contribution in [0.25, 0.3) is 0 Å². The lowest BCUT2D eigenvalue weighted by Crippen LogP contribution is -2.08. The highest BCUT2D eigenvalue weighted by Crippen LogP contribution is 1.90. The summed E-state index contributed by atoms with van der Waals surface area (Å²) in [5, 5.41) is 5.08. The summed E-state index contributed by atoms with van der Waals surface area (Å²) in [6.07, 6.45) is 3.30. The third kappa shape index (κ3) is 1.48. The Morgan fingerprint density at radius 2 is 2.40 bits per heavy atom. The molecule has 0 spiro atoms. The van der Waals surface area contributed by atoms with Crippen LogP contribution in [0.1, 0.15) is 12.0 Å². The number of aromatic amines is 2. The van der Waals surface area contributed by atoms with Crippen molar-refractivity contribution in [2.24, 2.45) is 5.73 Å². The van der Waals surface area contributed by atoms with Crippen LogP contribution < -0.4 is 11.3 Å². The Morgan fingerprint density at radius 1 is 1.60 bits per heavy atom. The maximum atomic E-state index is 10.8. The fourth-order valence-corrected chi connectivity index (χ4v) is 0.813. The van der Waals surface area contributed by atoms with Crippen LogP contribution in [-0.4, -0.2) is 16.7 Å². The van der Waals surface area contributed by atoms with Crippen LogP contribution in [0.3, 0.4) is 0 Å². The van der Waals surface area contributed by atoms with Crippen LogP contribution in [-0.2, 0) is 6.42 Å². The Balaban J connectivity index is 2.57. The van der Waals surface area contributed by atoms with Gasteiger partial charge in [0.2, 0.25) is 0 Å². The van der Waals surface area contributed by atoms with Gasteiger partial charge in [0, 0.05) is 11.8 Å². The normalized spacial score (nSPS) is 10.1.